The molecule has 2 aromatic heterocycles. The van der Waals surface area contributed by atoms with Crippen molar-refractivity contribution in [2.75, 3.05) is 0 Å². The van der Waals surface area contributed by atoms with Crippen molar-refractivity contribution in [3.8, 4) is 0 Å². The van der Waals surface area contributed by atoms with Crippen molar-refractivity contribution in [3.05, 3.63) is 44.8 Å². The third-order valence-electron chi connectivity index (χ3n) is 2.90. The number of nitrogens with one attached hydrogen (secondary N) is 1. The fourth-order valence-electron chi connectivity index (χ4n) is 1.93. The molecule has 0 fully saturated rings. The van der Waals surface area contributed by atoms with Gasteiger partial charge in [0, 0.05) is 30.8 Å². The van der Waals surface area contributed by atoms with Crippen LogP contribution in [0.4, 0.5) is 5.69 Å². The van der Waals surface area contributed by atoms with Gasteiger partial charge in [0.15, 0.2) is 5.82 Å². The minimum absolute atomic E-state index is 0.118. The highest BCUT2D eigenvalue weighted by Crippen LogP contribution is 2.23. The van der Waals surface area contributed by atoms with Gasteiger partial charge >= 0.3 is 0 Å². The van der Waals surface area contributed by atoms with Gasteiger partial charge in [-0.2, -0.15) is 4.98 Å². The lowest BCUT2D eigenvalue weighted by Crippen LogP contribution is -2.16. The van der Waals surface area contributed by atoms with Gasteiger partial charge in [0.05, 0.1) is 17.2 Å². The average molecular weight is 277 g/mol. The predicted octanol–water partition coefficient (Wildman–Crippen LogP) is 1.59. The number of aromatic nitrogens is 3. The Bertz CT molecular complexity index is 638. The molecule has 1 N–H and O–H groups in total. The lowest BCUT2D eigenvalue weighted by molar-refractivity contribution is -0.386. The van der Waals surface area contributed by atoms with E-state index in [0.29, 0.717) is 41.6 Å². The summed E-state index contributed by atoms with van der Waals surface area (Å²) in [5.74, 6) is 1.05. The van der Waals surface area contributed by atoms with E-state index in [4.69, 9.17) is 4.52 Å². The number of rotatable bonds is 5. The Morgan fingerprint density at radius 3 is 2.70 bits per heavy atom. The van der Waals surface area contributed by atoms with E-state index in [9.17, 15) is 10.1 Å². The molecular formula is C12H15N5O3. The molecule has 0 aromatic carbocycles. The maximum Gasteiger partial charge on any atom is 0.278 e. The summed E-state index contributed by atoms with van der Waals surface area (Å²) in [6.45, 7) is 5.91. The van der Waals surface area contributed by atoms with Crippen LogP contribution in [0.3, 0.4) is 0 Å². The molecule has 2 heterocycles. The Kier molecular flexibility index (Phi) is 4.04. The van der Waals surface area contributed by atoms with Gasteiger partial charge in [-0.3, -0.25) is 15.1 Å². The summed E-state index contributed by atoms with van der Waals surface area (Å²) in [5.41, 5.74) is 1.89. The molecule has 0 saturated carbocycles. The number of hydrogen-bond acceptors (Lipinski definition) is 7. The van der Waals surface area contributed by atoms with Crippen LogP contribution in [-0.4, -0.2) is 20.0 Å². The van der Waals surface area contributed by atoms with Gasteiger partial charge in [0.2, 0.25) is 5.89 Å². The summed E-state index contributed by atoms with van der Waals surface area (Å²) < 4.78 is 4.85. The van der Waals surface area contributed by atoms with Gasteiger partial charge < -0.3 is 9.84 Å². The van der Waals surface area contributed by atoms with Crippen LogP contribution in [0.15, 0.2) is 10.7 Å². The SMILES string of the molecule is Cc1nc(CNCc2ncc(C)c([N+](=O)[O-])c2C)no1. The first-order valence-electron chi connectivity index (χ1n) is 6.08. The van der Waals surface area contributed by atoms with E-state index >= 15 is 0 Å². The Morgan fingerprint density at radius 2 is 2.10 bits per heavy atom. The number of nitrogens with zero attached hydrogens (tertiary/aromatic N) is 4. The number of aryl methyl sites for hydroxylation is 2. The van der Waals surface area contributed by atoms with Crippen LogP contribution in [0.2, 0.25) is 0 Å². The van der Waals surface area contributed by atoms with Crippen LogP contribution in [0.25, 0.3) is 0 Å². The third-order valence-corrected chi connectivity index (χ3v) is 2.90. The van der Waals surface area contributed by atoms with Gasteiger partial charge in [-0.25, -0.2) is 0 Å². The quantitative estimate of drug-likeness (QED) is 0.653. The molecule has 0 unspecified atom stereocenters. The van der Waals surface area contributed by atoms with E-state index in [1.807, 2.05) is 0 Å². The van der Waals surface area contributed by atoms with Gasteiger partial charge in [-0.1, -0.05) is 5.16 Å². The third kappa shape index (κ3) is 2.97. The standard InChI is InChI=1S/C12H15N5O3/c1-7-4-14-10(8(2)12(7)17(18)19)5-13-6-11-15-9(3)20-16-11/h4,13H,5-6H2,1-3H3. The second kappa shape index (κ2) is 5.74. The van der Waals surface area contributed by atoms with E-state index in [0.717, 1.165) is 0 Å². The van der Waals surface area contributed by atoms with Crippen molar-refractivity contribution >= 4 is 5.69 Å². The van der Waals surface area contributed by atoms with Crippen LogP contribution in [0.1, 0.15) is 28.5 Å². The van der Waals surface area contributed by atoms with Crippen LogP contribution >= 0.6 is 0 Å². The van der Waals surface area contributed by atoms with Gasteiger partial charge in [0.25, 0.3) is 5.69 Å². The van der Waals surface area contributed by atoms with Crippen molar-refractivity contribution in [3.63, 3.8) is 0 Å². The summed E-state index contributed by atoms with van der Waals surface area (Å²) in [6, 6.07) is 0. The Labute approximate surface area is 115 Å². The normalized spacial score (nSPS) is 10.8. The molecule has 8 nitrogen and oxygen atoms in total. The van der Waals surface area contributed by atoms with Gasteiger partial charge in [-0.15, -0.1) is 0 Å². The second-order valence-electron chi connectivity index (χ2n) is 4.45. The maximum absolute atomic E-state index is 11.0. The molecule has 0 aliphatic carbocycles. The van der Waals surface area contributed by atoms with Gasteiger partial charge in [-0.05, 0) is 13.8 Å². The van der Waals surface area contributed by atoms with Crippen molar-refractivity contribution in [2.24, 2.45) is 0 Å². The summed E-state index contributed by atoms with van der Waals surface area (Å²) in [5, 5.41) is 17.9. The van der Waals surface area contributed by atoms with Gasteiger partial charge in [0.1, 0.15) is 0 Å². The molecule has 0 saturated heterocycles. The van der Waals surface area contributed by atoms with E-state index in [1.165, 1.54) is 6.20 Å². The molecule has 106 valence electrons. The Hall–Kier alpha value is -2.35. The number of nitro groups is 1. The first-order valence-corrected chi connectivity index (χ1v) is 6.08. The monoisotopic (exact) mass is 277 g/mol. The van der Waals surface area contributed by atoms with Crippen LogP contribution < -0.4 is 5.32 Å². The largest absolute Gasteiger partial charge is 0.340 e. The van der Waals surface area contributed by atoms with E-state index in [-0.39, 0.29) is 10.6 Å². The molecule has 20 heavy (non-hydrogen) atoms. The zero-order chi connectivity index (χ0) is 14.7. The highest BCUT2D eigenvalue weighted by atomic mass is 16.6. The lowest BCUT2D eigenvalue weighted by Gasteiger charge is -2.07. The topological polar surface area (TPSA) is 107 Å². The summed E-state index contributed by atoms with van der Waals surface area (Å²) in [7, 11) is 0. The fourth-order valence-corrected chi connectivity index (χ4v) is 1.93. The van der Waals surface area contributed by atoms with Crippen molar-refractivity contribution < 1.29 is 9.45 Å². The lowest BCUT2D eigenvalue weighted by atomic mass is 10.1. The molecule has 0 aliphatic rings. The van der Waals surface area contributed by atoms with Crippen molar-refractivity contribution in [1.82, 2.24) is 20.4 Å². The molecule has 0 radical (unpaired) electrons. The molecule has 2 rings (SSSR count). The molecule has 2 aromatic rings. The minimum atomic E-state index is -0.377. The molecule has 0 bridgehead atoms. The van der Waals surface area contributed by atoms with Crippen LogP contribution in [0.5, 0.6) is 0 Å². The molecular weight excluding hydrogens is 262 g/mol. The zero-order valence-corrected chi connectivity index (χ0v) is 11.5. The van der Waals surface area contributed by atoms with Crippen LogP contribution in [-0.2, 0) is 13.1 Å². The van der Waals surface area contributed by atoms with E-state index in [2.05, 4.69) is 20.4 Å². The Balaban J connectivity index is 2.06. The predicted molar refractivity (Wildman–Crippen MR) is 69.9 cm³/mol. The van der Waals surface area contributed by atoms with E-state index < -0.39 is 0 Å². The molecule has 0 spiro atoms. The molecule has 8 heteroatoms. The second-order valence-corrected chi connectivity index (χ2v) is 4.45. The highest BCUT2D eigenvalue weighted by Gasteiger charge is 2.18. The molecule has 0 amide bonds. The van der Waals surface area contributed by atoms with E-state index in [1.54, 1.807) is 20.8 Å². The number of hydrogen-bond donors (Lipinski definition) is 1. The molecule has 0 atom stereocenters. The summed E-state index contributed by atoms with van der Waals surface area (Å²) in [4.78, 5) is 18.9. The smallest absolute Gasteiger partial charge is 0.278 e. The average Bonchev–Trinajstić information content (AvgIpc) is 2.77. The number of pyridine rings is 1. The fraction of sp³-hybridized carbons (Fsp3) is 0.417. The van der Waals surface area contributed by atoms with Crippen molar-refractivity contribution in [1.29, 1.82) is 0 Å². The highest BCUT2D eigenvalue weighted by molar-refractivity contribution is 5.47. The first kappa shape index (κ1) is 14.1. The summed E-state index contributed by atoms with van der Waals surface area (Å²) in [6.07, 6.45) is 1.51. The maximum atomic E-state index is 11.0. The minimum Gasteiger partial charge on any atom is -0.340 e. The first-order chi connectivity index (χ1) is 9.49. The summed E-state index contributed by atoms with van der Waals surface area (Å²) >= 11 is 0. The van der Waals surface area contributed by atoms with Crippen LogP contribution in [0, 0.1) is 30.9 Å². The Morgan fingerprint density at radius 1 is 1.35 bits per heavy atom. The van der Waals surface area contributed by atoms with Crippen molar-refractivity contribution in [2.45, 2.75) is 33.9 Å². The molecule has 0 aliphatic heterocycles. The zero-order valence-electron chi connectivity index (χ0n) is 11.5.